The summed E-state index contributed by atoms with van der Waals surface area (Å²) in [5, 5.41) is 10.2. The van der Waals surface area contributed by atoms with E-state index in [-0.39, 0.29) is 11.9 Å². The van der Waals surface area contributed by atoms with E-state index in [1.54, 1.807) is 12.4 Å². The van der Waals surface area contributed by atoms with Gasteiger partial charge in [-0.15, -0.1) is 0 Å². The van der Waals surface area contributed by atoms with Crippen LogP contribution in [0, 0.1) is 0 Å². The van der Waals surface area contributed by atoms with Gasteiger partial charge >= 0.3 is 0 Å². The first-order chi connectivity index (χ1) is 12.7. The molecule has 3 aromatic rings. The number of fused-ring (bicyclic) bond motifs is 4. The van der Waals surface area contributed by atoms with E-state index in [1.807, 2.05) is 29.2 Å². The van der Waals surface area contributed by atoms with E-state index in [9.17, 15) is 9.90 Å². The first kappa shape index (κ1) is 15.2. The second-order valence-corrected chi connectivity index (χ2v) is 6.94. The number of aromatic amines is 1. The van der Waals surface area contributed by atoms with E-state index in [0.717, 1.165) is 48.0 Å². The monoisotopic (exact) mass is 345 g/mol. The highest BCUT2D eigenvalue weighted by Crippen LogP contribution is 2.40. The van der Waals surface area contributed by atoms with E-state index in [1.165, 1.54) is 5.57 Å². The Labute approximate surface area is 151 Å². The number of phenolic OH excluding ortho intramolecular Hbond substituents is 1. The highest BCUT2D eigenvalue weighted by molar-refractivity contribution is 5.99. The zero-order valence-corrected chi connectivity index (χ0v) is 14.3. The van der Waals surface area contributed by atoms with Crippen molar-refractivity contribution >= 4 is 22.5 Å². The smallest absolute Gasteiger partial charge is 0.254 e. The van der Waals surface area contributed by atoms with Gasteiger partial charge in [-0.05, 0) is 54.7 Å². The van der Waals surface area contributed by atoms with Crippen molar-refractivity contribution in [1.29, 1.82) is 0 Å². The van der Waals surface area contributed by atoms with Gasteiger partial charge in [-0.25, -0.2) is 4.98 Å². The minimum Gasteiger partial charge on any atom is -0.508 e. The fourth-order valence-electron chi connectivity index (χ4n) is 4.29. The molecular weight excluding hydrogens is 326 g/mol. The number of hydrogen-bond acceptors (Lipinski definition) is 3. The number of phenols is 1. The normalized spacial score (nSPS) is 19.0. The van der Waals surface area contributed by atoms with Crippen molar-refractivity contribution in [2.75, 3.05) is 6.54 Å². The fourth-order valence-corrected chi connectivity index (χ4v) is 4.29. The Morgan fingerprint density at radius 3 is 3.12 bits per heavy atom. The third-order valence-corrected chi connectivity index (χ3v) is 5.53. The lowest BCUT2D eigenvalue weighted by Crippen LogP contribution is -2.45. The van der Waals surface area contributed by atoms with Crippen molar-refractivity contribution in [1.82, 2.24) is 14.9 Å². The second-order valence-electron chi connectivity index (χ2n) is 6.94. The van der Waals surface area contributed by atoms with E-state index >= 15 is 0 Å². The molecule has 0 fully saturated rings. The van der Waals surface area contributed by atoms with Gasteiger partial charge in [-0.1, -0.05) is 18.2 Å². The van der Waals surface area contributed by atoms with Crippen molar-refractivity contribution in [2.24, 2.45) is 0 Å². The van der Waals surface area contributed by atoms with Crippen molar-refractivity contribution in [3.63, 3.8) is 0 Å². The number of carbonyl (C=O) groups is 1. The number of hydrogen-bond donors (Lipinski definition) is 2. The Kier molecular flexibility index (Phi) is 3.35. The van der Waals surface area contributed by atoms with Crippen LogP contribution >= 0.6 is 0 Å². The van der Waals surface area contributed by atoms with Crippen LogP contribution < -0.4 is 0 Å². The Hall–Kier alpha value is -3.08. The van der Waals surface area contributed by atoms with Crippen LogP contribution in [0.25, 0.3) is 16.6 Å². The molecule has 2 aromatic carbocycles. The summed E-state index contributed by atoms with van der Waals surface area (Å²) >= 11 is 0. The molecule has 5 heteroatoms. The van der Waals surface area contributed by atoms with Crippen LogP contribution in [0.2, 0.25) is 0 Å². The summed E-state index contributed by atoms with van der Waals surface area (Å²) in [6.07, 6.45) is 6.33. The van der Waals surface area contributed by atoms with Crippen LogP contribution in [0.15, 0.2) is 48.8 Å². The number of amides is 1. The zero-order chi connectivity index (χ0) is 17.7. The van der Waals surface area contributed by atoms with E-state index < -0.39 is 0 Å². The molecule has 1 amide bonds. The predicted octanol–water partition coefficient (Wildman–Crippen LogP) is 3.51. The van der Waals surface area contributed by atoms with Crippen molar-refractivity contribution < 1.29 is 9.90 Å². The van der Waals surface area contributed by atoms with Crippen LogP contribution in [-0.4, -0.2) is 38.5 Å². The van der Waals surface area contributed by atoms with Gasteiger partial charge in [-0.2, -0.15) is 0 Å². The summed E-state index contributed by atoms with van der Waals surface area (Å²) in [6.45, 7) is 0.724. The molecule has 2 heterocycles. The van der Waals surface area contributed by atoms with Gasteiger partial charge in [-0.3, -0.25) is 4.79 Å². The lowest BCUT2D eigenvalue weighted by Gasteiger charge is -2.40. The van der Waals surface area contributed by atoms with Gasteiger partial charge in [0.1, 0.15) is 5.75 Å². The molecule has 130 valence electrons. The number of carbonyl (C=O) groups excluding carboxylic acids is 1. The van der Waals surface area contributed by atoms with Gasteiger partial charge in [0.15, 0.2) is 0 Å². The first-order valence-corrected chi connectivity index (χ1v) is 8.98. The quantitative estimate of drug-likeness (QED) is 0.709. The van der Waals surface area contributed by atoms with Gasteiger partial charge in [0.2, 0.25) is 0 Å². The van der Waals surface area contributed by atoms with Crippen LogP contribution in [-0.2, 0) is 6.42 Å². The number of imidazole rings is 1. The predicted molar refractivity (Wildman–Crippen MR) is 99.9 cm³/mol. The van der Waals surface area contributed by atoms with Gasteiger partial charge < -0.3 is 15.0 Å². The molecule has 5 nitrogen and oxygen atoms in total. The van der Waals surface area contributed by atoms with Crippen molar-refractivity contribution in [3.8, 4) is 5.75 Å². The Morgan fingerprint density at radius 2 is 2.19 bits per heavy atom. The fraction of sp³-hybridized carbons (Fsp3) is 0.238. The largest absolute Gasteiger partial charge is 0.508 e. The molecule has 5 rings (SSSR count). The maximum atomic E-state index is 13.2. The van der Waals surface area contributed by atoms with E-state index in [4.69, 9.17) is 0 Å². The average Bonchev–Trinajstić information content (AvgIpc) is 3.15. The van der Waals surface area contributed by atoms with E-state index in [2.05, 4.69) is 22.1 Å². The van der Waals surface area contributed by atoms with Crippen molar-refractivity contribution in [3.05, 3.63) is 65.5 Å². The lowest BCUT2D eigenvalue weighted by atomic mass is 9.80. The summed E-state index contributed by atoms with van der Waals surface area (Å²) < 4.78 is 0. The van der Waals surface area contributed by atoms with Crippen molar-refractivity contribution in [2.45, 2.75) is 25.3 Å². The summed E-state index contributed by atoms with van der Waals surface area (Å²) in [4.78, 5) is 22.5. The highest BCUT2D eigenvalue weighted by Gasteiger charge is 2.34. The number of aromatic nitrogens is 2. The first-order valence-electron chi connectivity index (χ1n) is 8.98. The minimum atomic E-state index is 0.0562. The number of benzene rings is 2. The molecule has 2 N–H and O–H groups in total. The topological polar surface area (TPSA) is 69.2 Å². The average molecular weight is 345 g/mol. The summed E-state index contributed by atoms with van der Waals surface area (Å²) in [5.74, 6) is 0.413. The van der Waals surface area contributed by atoms with Crippen LogP contribution in [0.3, 0.4) is 0 Å². The van der Waals surface area contributed by atoms with Crippen LogP contribution in [0.1, 0.15) is 34.3 Å². The second kappa shape index (κ2) is 5.73. The highest BCUT2D eigenvalue weighted by atomic mass is 16.3. The number of H-pyrrole nitrogens is 1. The molecular formula is C21H19N3O2. The molecule has 2 aliphatic rings. The molecule has 1 aliphatic heterocycles. The standard InChI is InChI=1S/C21H19N3O2/c25-20-5-1-3-14-15-4-2-10-24(19(15)9-7-16(14)20)21(26)13-6-8-17-18(11-13)23-12-22-17/h1,3-6,8,11-12,19,25H,2,7,9-10H2,(H,22,23). The summed E-state index contributed by atoms with van der Waals surface area (Å²) in [5.41, 5.74) is 5.69. The summed E-state index contributed by atoms with van der Waals surface area (Å²) in [6, 6.07) is 11.4. The molecule has 1 atom stereocenters. The maximum absolute atomic E-state index is 13.2. The van der Waals surface area contributed by atoms with Gasteiger partial charge in [0, 0.05) is 17.7 Å². The lowest BCUT2D eigenvalue weighted by molar-refractivity contribution is 0.0706. The van der Waals surface area contributed by atoms with Crippen LogP contribution in [0.5, 0.6) is 5.75 Å². The molecule has 0 saturated heterocycles. The molecule has 0 radical (unpaired) electrons. The molecule has 0 spiro atoms. The summed E-state index contributed by atoms with van der Waals surface area (Å²) in [7, 11) is 0. The van der Waals surface area contributed by atoms with Gasteiger partial charge in [0.05, 0.1) is 23.4 Å². The third-order valence-electron chi connectivity index (χ3n) is 5.53. The van der Waals surface area contributed by atoms with Gasteiger partial charge in [0.25, 0.3) is 5.91 Å². The Bertz CT molecular complexity index is 1050. The SMILES string of the molecule is O=C(c1ccc2nc[nH]c2c1)N1CCC=C2c3cccc(O)c3CCC21. The molecule has 26 heavy (non-hydrogen) atoms. The Balaban J connectivity index is 1.51. The maximum Gasteiger partial charge on any atom is 0.254 e. The zero-order valence-electron chi connectivity index (χ0n) is 14.3. The number of nitrogens with one attached hydrogen (secondary N) is 1. The third kappa shape index (κ3) is 2.24. The molecule has 0 bridgehead atoms. The molecule has 0 saturated carbocycles. The number of aromatic hydroxyl groups is 1. The van der Waals surface area contributed by atoms with E-state index in [0.29, 0.717) is 11.3 Å². The minimum absolute atomic E-state index is 0.0562. The Morgan fingerprint density at radius 1 is 1.27 bits per heavy atom. The number of rotatable bonds is 1. The van der Waals surface area contributed by atoms with Crippen LogP contribution in [0.4, 0.5) is 0 Å². The molecule has 1 unspecified atom stereocenters. The number of nitrogens with zero attached hydrogens (tertiary/aromatic N) is 2. The molecule has 1 aliphatic carbocycles. The molecule has 1 aromatic heterocycles.